The van der Waals surface area contributed by atoms with E-state index in [1.165, 1.54) is 0 Å². The molecule has 0 atom stereocenters. The van der Waals surface area contributed by atoms with Gasteiger partial charge in [0.1, 0.15) is 11.6 Å². The van der Waals surface area contributed by atoms with Gasteiger partial charge in [0.25, 0.3) is 5.91 Å². The van der Waals surface area contributed by atoms with Crippen molar-refractivity contribution in [3.63, 3.8) is 0 Å². The molecule has 4 rings (SSSR count). The summed E-state index contributed by atoms with van der Waals surface area (Å²) in [6, 6.07) is 14.8. The lowest BCUT2D eigenvalue weighted by atomic mass is 10.2. The van der Waals surface area contributed by atoms with Crippen LogP contribution in [0.3, 0.4) is 0 Å². The molecule has 8 heteroatoms. The van der Waals surface area contributed by atoms with Crippen LogP contribution < -0.4 is 10.1 Å². The van der Waals surface area contributed by atoms with E-state index < -0.39 is 0 Å². The van der Waals surface area contributed by atoms with Gasteiger partial charge < -0.3 is 19.4 Å². The van der Waals surface area contributed by atoms with E-state index >= 15 is 0 Å². The molecule has 166 valence electrons. The summed E-state index contributed by atoms with van der Waals surface area (Å²) in [4.78, 5) is 17.5. The monoisotopic (exact) mass is 433 g/mol. The molecule has 0 fully saturated rings. The Kier molecular flexibility index (Phi) is 6.23. The molecule has 2 aromatic carbocycles. The summed E-state index contributed by atoms with van der Waals surface area (Å²) in [5.41, 5.74) is 5.10. The number of amides is 1. The van der Waals surface area contributed by atoms with E-state index in [-0.39, 0.29) is 5.91 Å². The number of ether oxygens (including phenoxy) is 2. The van der Waals surface area contributed by atoms with Crippen molar-refractivity contribution in [3.8, 4) is 5.75 Å². The molecule has 2 heterocycles. The number of nitrogens with zero attached hydrogens (tertiary/aromatic N) is 4. The quantitative estimate of drug-likeness (QED) is 0.457. The third-order valence-electron chi connectivity index (χ3n) is 5.35. The van der Waals surface area contributed by atoms with Crippen molar-refractivity contribution >= 4 is 22.6 Å². The number of hydrogen-bond donors (Lipinski definition) is 1. The largest absolute Gasteiger partial charge is 0.497 e. The maximum Gasteiger partial charge on any atom is 0.255 e. The van der Waals surface area contributed by atoms with Crippen LogP contribution in [0.2, 0.25) is 0 Å². The normalized spacial score (nSPS) is 11.1. The topological polar surface area (TPSA) is 83.2 Å². The average Bonchev–Trinajstić information content (AvgIpc) is 3.29. The Morgan fingerprint density at radius 1 is 1.06 bits per heavy atom. The van der Waals surface area contributed by atoms with Crippen LogP contribution in [0.4, 0.5) is 5.69 Å². The minimum absolute atomic E-state index is 0.186. The molecule has 32 heavy (non-hydrogen) atoms. The molecule has 8 nitrogen and oxygen atoms in total. The number of fused-ring (bicyclic) bond motifs is 1. The third-order valence-corrected chi connectivity index (χ3v) is 5.35. The van der Waals surface area contributed by atoms with Crippen LogP contribution in [0, 0.1) is 13.8 Å². The maximum atomic E-state index is 12.6. The van der Waals surface area contributed by atoms with Crippen molar-refractivity contribution in [1.29, 1.82) is 0 Å². The molecular formula is C24H27N5O3. The summed E-state index contributed by atoms with van der Waals surface area (Å²) in [6.45, 7) is 5.83. The van der Waals surface area contributed by atoms with Crippen molar-refractivity contribution in [3.05, 3.63) is 71.3 Å². The molecule has 0 unspecified atom stereocenters. The lowest BCUT2D eigenvalue weighted by Crippen LogP contribution is -2.13. The Labute approximate surface area is 186 Å². The highest BCUT2D eigenvalue weighted by molar-refractivity contribution is 6.05. The molecule has 4 aromatic rings. The zero-order valence-electron chi connectivity index (χ0n) is 18.8. The second kappa shape index (κ2) is 9.23. The molecule has 2 aromatic heterocycles. The number of aromatic nitrogens is 4. The summed E-state index contributed by atoms with van der Waals surface area (Å²) in [7, 11) is 3.28. The molecule has 1 amide bonds. The van der Waals surface area contributed by atoms with E-state index in [4.69, 9.17) is 14.5 Å². The molecule has 0 saturated heterocycles. The third kappa shape index (κ3) is 4.50. The standard InChI is InChI=1S/C24H27N5O3/c1-16-13-17(2)29(27-16)15-23-26-21-14-19(7-10-22(21)28(23)11-12-31-3)25-24(30)18-5-8-20(32-4)9-6-18/h5-10,13-14H,11-12,15H2,1-4H3,(H,25,30). The van der Waals surface area contributed by atoms with Crippen LogP contribution in [0.25, 0.3) is 11.0 Å². The molecule has 0 aliphatic carbocycles. The number of hydrogen-bond acceptors (Lipinski definition) is 5. The summed E-state index contributed by atoms with van der Waals surface area (Å²) < 4.78 is 14.5. The fourth-order valence-electron chi connectivity index (χ4n) is 3.72. The summed E-state index contributed by atoms with van der Waals surface area (Å²) in [5, 5.41) is 7.52. The van der Waals surface area contributed by atoms with Crippen molar-refractivity contribution < 1.29 is 14.3 Å². The van der Waals surface area contributed by atoms with Gasteiger partial charge >= 0.3 is 0 Å². The van der Waals surface area contributed by atoms with Gasteiger partial charge in [0.2, 0.25) is 0 Å². The van der Waals surface area contributed by atoms with E-state index in [0.717, 1.165) is 28.2 Å². The molecule has 0 spiro atoms. The van der Waals surface area contributed by atoms with Crippen LogP contribution in [0.15, 0.2) is 48.5 Å². The fourth-order valence-corrected chi connectivity index (χ4v) is 3.72. The number of anilines is 1. The lowest BCUT2D eigenvalue weighted by molar-refractivity contribution is 0.102. The fraction of sp³-hybridized carbons (Fsp3) is 0.292. The predicted molar refractivity (Wildman–Crippen MR) is 123 cm³/mol. The van der Waals surface area contributed by atoms with Gasteiger partial charge in [0.05, 0.1) is 37.0 Å². The van der Waals surface area contributed by atoms with Crippen LogP contribution in [0.1, 0.15) is 27.6 Å². The molecule has 0 bridgehead atoms. The molecule has 0 radical (unpaired) electrons. The number of carbonyl (C=O) groups excluding carboxylic acids is 1. The van der Waals surface area contributed by atoms with Gasteiger partial charge in [-0.2, -0.15) is 5.10 Å². The minimum Gasteiger partial charge on any atom is -0.497 e. The summed E-state index contributed by atoms with van der Waals surface area (Å²) >= 11 is 0. The molecule has 1 N–H and O–H groups in total. The molecule has 0 saturated carbocycles. The van der Waals surface area contributed by atoms with Crippen molar-refractivity contribution in [1.82, 2.24) is 19.3 Å². The Hall–Kier alpha value is -3.65. The average molecular weight is 434 g/mol. The van der Waals surface area contributed by atoms with Crippen LogP contribution in [0.5, 0.6) is 5.75 Å². The van der Waals surface area contributed by atoms with Gasteiger partial charge in [-0.25, -0.2) is 4.98 Å². The molecule has 0 aliphatic rings. The zero-order chi connectivity index (χ0) is 22.7. The molecule has 0 aliphatic heterocycles. The van der Waals surface area contributed by atoms with Gasteiger partial charge in [0, 0.05) is 30.6 Å². The smallest absolute Gasteiger partial charge is 0.255 e. The Morgan fingerprint density at radius 2 is 1.84 bits per heavy atom. The first-order valence-corrected chi connectivity index (χ1v) is 10.4. The first-order valence-electron chi connectivity index (χ1n) is 10.4. The van der Waals surface area contributed by atoms with E-state index in [9.17, 15) is 4.79 Å². The van der Waals surface area contributed by atoms with E-state index in [2.05, 4.69) is 21.0 Å². The van der Waals surface area contributed by atoms with E-state index in [1.807, 2.05) is 36.7 Å². The van der Waals surface area contributed by atoms with Gasteiger partial charge in [0.15, 0.2) is 0 Å². The van der Waals surface area contributed by atoms with Crippen LogP contribution in [-0.4, -0.2) is 46.1 Å². The Bertz CT molecular complexity index is 1240. The lowest BCUT2D eigenvalue weighted by Gasteiger charge is -2.10. The number of carbonyl (C=O) groups is 1. The number of nitrogens with one attached hydrogen (secondary N) is 1. The van der Waals surface area contributed by atoms with E-state index in [0.29, 0.717) is 36.7 Å². The van der Waals surface area contributed by atoms with Crippen molar-refractivity contribution in [2.75, 3.05) is 26.1 Å². The number of rotatable bonds is 8. The Morgan fingerprint density at radius 3 is 2.50 bits per heavy atom. The SMILES string of the molecule is COCCn1c(Cn2nc(C)cc2C)nc2cc(NC(=O)c3ccc(OC)cc3)ccc21. The van der Waals surface area contributed by atoms with Gasteiger partial charge in [-0.1, -0.05) is 0 Å². The second-order valence-electron chi connectivity index (χ2n) is 7.64. The Balaban J connectivity index is 1.62. The highest BCUT2D eigenvalue weighted by Gasteiger charge is 2.14. The minimum atomic E-state index is -0.186. The summed E-state index contributed by atoms with van der Waals surface area (Å²) in [6.07, 6.45) is 0. The first-order chi connectivity index (χ1) is 15.5. The number of benzene rings is 2. The predicted octanol–water partition coefficient (Wildman–Crippen LogP) is 3.81. The number of aryl methyl sites for hydroxylation is 2. The van der Waals surface area contributed by atoms with Gasteiger partial charge in [-0.15, -0.1) is 0 Å². The maximum absolute atomic E-state index is 12.6. The summed E-state index contributed by atoms with van der Waals surface area (Å²) in [5.74, 6) is 1.41. The highest BCUT2D eigenvalue weighted by Crippen LogP contribution is 2.22. The molecular weight excluding hydrogens is 406 g/mol. The van der Waals surface area contributed by atoms with Gasteiger partial charge in [-0.3, -0.25) is 9.48 Å². The van der Waals surface area contributed by atoms with Gasteiger partial charge in [-0.05, 0) is 62.4 Å². The van der Waals surface area contributed by atoms with E-state index in [1.54, 1.807) is 38.5 Å². The highest BCUT2D eigenvalue weighted by atomic mass is 16.5. The number of imidazole rings is 1. The van der Waals surface area contributed by atoms with Crippen molar-refractivity contribution in [2.45, 2.75) is 26.9 Å². The van der Waals surface area contributed by atoms with Crippen LogP contribution >= 0.6 is 0 Å². The zero-order valence-corrected chi connectivity index (χ0v) is 18.8. The second-order valence-corrected chi connectivity index (χ2v) is 7.64. The van der Waals surface area contributed by atoms with Crippen LogP contribution in [-0.2, 0) is 17.8 Å². The first kappa shape index (κ1) is 21.6. The van der Waals surface area contributed by atoms with Crippen molar-refractivity contribution in [2.24, 2.45) is 0 Å². The number of methoxy groups -OCH3 is 2.